The summed E-state index contributed by atoms with van der Waals surface area (Å²) in [5, 5.41) is 21.8. The molecular weight excluding hydrogens is 742 g/mol. The normalized spacial score (nSPS) is 11.0. The van der Waals surface area contributed by atoms with Crippen LogP contribution in [0.15, 0.2) is 12.7 Å². The second-order valence-electron chi connectivity index (χ2n) is 13.9. The van der Waals surface area contributed by atoms with Gasteiger partial charge >= 0.3 is 11.9 Å². The van der Waals surface area contributed by atoms with Gasteiger partial charge in [-0.3, -0.25) is 24.4 Å². The number of ether oxygens (including phenoxy) is 8. The molecule has 0 rings (SSSR count). The molecule has 0 saturated carbocycles. The monoisotopic (exact) mass is 811 g/mol. The van der Waals surface area contributed by atoms with E-state index >= 15 is 0 Å². The third-order valence-electron chi connectivity index (χ3n) is 8.33. The molecule has 0 radical (unpaired) electrons. The molecule has 326 valence electrons. The SMILES string of the molecule is C=CC(=O)OCCOCCOCC(C)(C)COCCOCCOC(=O)CCCCCCCN(N(C=O)CCCCCCOC#N)N(C=O)CCCCCCOC#N. The Labute approximate surface area is 340 Å². The Morgan fingerprint density at radius 3 is 1.47 bits per heavy atom. The highest BCUT2D eigenvalue weighted by atomic mass is 16.6. The highest BCUT2D eigenvalue weighted by molar-refractivity contribution is 5.81. The van der Waals surface area contributed by atoms with Crippen LogP contribution in [0.25, 0.3) is 0 Å². The van der Waals surface area contributed by atoms with E-state index in [2.05, 4.69) is 6.58 Å². The van der Waals surface area contributed by atoms with Gasteiger partial charge in [0.1, 0.15) is 26.4 Å². The summed E-state index contributed by atoms with van der Waals surface area (Å²) in [6, 6.07) is 0. The molecule has 0 heterocycles. The Bertz CT molecular complexity index is 1080. The number of nitriles is 2. The number of carbonyl (C=O) groups excluding carboxylic acids is 4. The molecule has 0 aromatic heterocycles. The van der Waals surface area contributed by atoms with Crippen molar-refractivity contribution in [3.63, 3.8) is 0 Å². The fourth-order valence-electron chi connectivity index (χ4n) is 5.32. The summed E-state index contributed by atoms with van der Waals surface area (Å²) >= 11 is 0. The zero-order valence-corrected chi connectivity index (χ0v) is 34.6. The fourth-order valence-corrected chi connectivity index (χ4v) is 5.32. The summed E-state index contributed by atoms with van der Waals surface area (Å²) in [6.45, 7) is 13.1. The molecule has 0 bridgehead atoms. The number of hydrogen-bond donors (Lipinski definition) is 0. The predicted molar refractivity (Wildman–Crippen MR) is 209 cm³/mol. The van der Waals surface area contributed by atoms with E-state index in [0.29, 0.717) is 91.9 Å². The lowest BCUT2D eigenvalue weighted by Gasteiger charge is -2.38. The molecule has 17 nitrogen and oxygen atoms in total. The maximum atomic E-state index is 12.2. The zero-order chi connectivity index (χ0) is 42.1. The van der Waals surface area contributed by atoms with Crippen LogP contribution >= 0.6 is 0 Å². The van der Waals surface area contributed by atoms with E-state index in [1.807, 2.05) is 13.8 Å². The van der Waals surface area contributed by atoms with Gasteiger partial charge < -0.3 is 37.9 Å². The van der Waals surface area contributed by atoms with Crippen LogP contribution in [0.3, 0.4) is 0 Å². The van der Waals surface area contributed by atoms with Gasteiger partial charge in [0.15, 0.2) is 0 Å². The minimum atomic E-state index is -0.476. The van der Waals surface area contributed by atoms with Gasteiger partial charge in [0.25, 0.3) is 12.5 Å². The highest BCUT2D eigenvalue weighted by Crippen LogP contribution is 2.16. The molecule has 0 aromatic carbocycles. The quantitative estimate of drug-likeness (QED) is 0.0202. The van der Waals surface area contributed by atoms with Crippen LogP contribution in [0, 0.1) is 28.4 Å². The Kier molecular flexibility index (Phi) is 36.1. The van der Waals surface area contributed by atoms with Gasteiger partial charge in [-0.25, -0.2) is 4.79 Å². The molecule has 0 aliphatic rings. The molecule has 0 atom stereocenters. The van der Waals surface area contributed by atoms with E-state index in [0.717, 1.165) is 95.9 Å². The van der Waals surface area contributed by atoms with Crippen molar-refractivity contribution in [2.75, 3.05) is 98.9 Å². The van der Waals surface area contributed by atoms with Crippen molar-refractivity contribution < 1.29 is 57.1 Å². The van der Waals surface area contributed by atoms with Gasteiger partial charge in [-0.1, -0.05) is 52.5 Å². The summed E-state index contributed by atoms with van der Waals surface area (Å²) in [5.74, 6) is -0.738. The van der Waals surface area contributed by atoms with Gasteiger partial charge in [-0.15, -0.1) is 5.12 Å². The van der Waals surface area contributed by atoms with Crippen LogP contribution in [-0.2, 0) is 57.1 Å². The van der Waals surface area contributed by atoms with Crippen molar-refractivity contribution in [1.29, 1.82) is 10.5 Å². The van der Waals surface area contributed by atoms with Crippen LogP contribution < -0.4 is 0 Å². The zero-order valence-electron chi connectivity index (χ0n) is 34.6. The summed E-state index contributed by atoms with van der Waals surface area (Å²) in [6.07, 6.45) is 16.9. The van der Waals surface area contributed by atoms with E-state index < -0.39 is 5.97 Å². The molecule has 17 heteroatoms. The van der Waals surface area contributed by atoms with Gasteiger partial charge in [-0.05, 0) is 51.4 Å². The van der Waals surface area contributed by atoms with Crippen molar-refractivity contribution in [3.8, 4) is 12.5 Å². The number of amides is 2. The van der Waals surface area contributed by atoms with Crippen LogP contribution in [0.1, 0.15) is 104 Å². The topological polar surface area (TPSA) is 199 Å². The molecule has 0 aliphatic carbocycles. The van der Waals surface area contributed by atoms with Crippen LogP contribution in [0.2, 0.25) is 0 Å². The first-order valence-electron chi connectivity index (χ1n) is 20.2. The first kappa shape index (κ1) is 53.0. The first-order chi connectivity index (χ1) is 27.7. The lowest BCUT2D eigenvalue weighted by Crippen LogP contribution is -2.53. The average molecular weight is 812 g/mol. The third-order valence-corrected chi connectivity index (χ3v) is 8.33. The second-order valence-corrected chi connectivity index (χ2v) is 13.9. The molecule has 0 N–H and O–H groups in total. The Hall–Kier alpha value is -4.00. The summed E-state index contributed by atoms with van der Waals surface area (Å²) in [4.78, 5) is 47.4. The number of esters is 2. The van der Waals surface area contributed by atoms with Gasteiger partial charge in [-0.2, -0.15) is 10.5 Å². The van der Waals surface area contributed by atoms with Gasteiger partial charge in [0, 0.05) is 37.5 Å². The summed E-state index contributed by atoms with van der Waals surface area (Å²) in [7, 11) is 0. The number of hydrogen-bond acceptors (Lipinski definition) is 15. The number of nitrogens with zero attached hydrogens (tertiary/aromatic N) is 5. The largest absolute Gasteiger partial charge is 0.463 e. The van der Waals surface area contributed by atoms with E-state index in [1.54, 1.807) is 27.6 Å². The van der Waals surface area contributed by atoms with Gasteiger partial charge in [0.2, 0.25) is 12.8 Å². The molecular formula is C40H69N5O12. The van der Waals surface area contributed by atoms with Crippen LogP contribution in [0.4, 0.5) is 0 Å². The Morgan fingerprint density at radius 1 is 0.561 bits per heavy atom. The van der Waals surface area contributed by atoms with Gasteiger partial charge in [0.05, 0.1) is 52.9 Å². The molecule has 57 heavy (non-hydrogen) atoms. The first-order valence-corrected chi connectivity index (χ1v) is 20.2. The van der Waals surface area contributed by atoms with Crippen molar-refractivity contribution in [2.45, 2.75) is 104 Å². The molecule has 0 aliphatic heterocycles. The van der Waals surface area contributed by atoms with E-state index in [4.69, 9.17) is 48.4 Å². The second kappa shape index (κ2) is 38.9. The smallest absolute Gasteiger partial charge is 0.330 e. The van der Waals surface area contributed by atoms with Crippen molar-refractivity contribution in [3.05, 3.63) is 12.7 Å². The van der Waals surface area contributed by atoms with Crippen molar-refractivity contribution >= 4 is 24.8 Å². The Morgan fingerprint density at radius 2 is 0.982 bits per heavy atom. The maximum Gasteiger partial charge on any atom is 0.330 e. The molecule has 2 amide bonds. The number of unbranched alkanes of at least 4 members (excludes halogenated alkanes) is 10. The Balaban J connectivity index is 4.22. The number of carbonyl (C=O) groups is 4. The number of hydrazine groups is 2. The van der Waals surface area contributed by atoms with E-state index in [1.165, 1.54) is 0 Å². The lowest BCUT2D eigenvalue weighted by molar-refractivity contribution is -0.186. The lowest BCUT2D eigenvalue weighted by atomic mass is 9.96. The molecule has 0 aromatic rings. The van der Waals surface area contributed by atoms with Crippen LogP contribution in [0.5, 0.6) is 0 Å². The minimum absolute atomic E-state index is 0.173. The minimum Gasteiger partial charge on any atom is -0.463 e. The molecule has 0 unspecified atom stereocenters. The standard InChI is InChI=1S/C40H69N5O12/c1-4-38(48)56-30-28-50-24-26-52-32-40(2,3)33-53-27-25-51-29-31-57-39(49)18-12-6-5-7-15-21-45(43(36-46)19-13-8-10-16-22-54-34-41)44(37-47)20-14-9-11-17-23-55-35-42/h4,36-37H,1,5-33H2,2-3H3. The molecule has 0 spiro atoms. The summed E-state index contributed by atoms with van der Waals surface area (Å²) < 4.78 is 41.8. The summed E-state index contributed by atoms with van der Waals surface area (Å²) in [5.41, 5.74) is -0.196. The molecule has 0 fully saturated rings. The highest BCUT2D eigenvalue weighted by Gasteiger charge is 2.20. The third kappa shape index (κ3) is 33.8. The van der Waals surface area contributed by atoms with E-state index in [9.17, 15) is 19.2 Å². The molecule has 0 saturated heterocycles. The average Bonchev–Trinajstić information content (AvgIpc) is 3.20. The number of rotatable bonds is 43. The van der Waals surface area contributed by atoms with Crippen molar-refractivity contribution in [1.82, 2.24) is 15.1 Å². The maximum absolute atomic E-state index is 12.2. The van der Waals surface area contributed by atoms with E-state index in [-0.39, 0.29) is 31.2 Å². The predicted octanol–water partition coefficient (Wildman–Crippen LogP) is 4.86. The van der Waals surface area contributed by atoms with Crippen LogP contribution in [-0.4, -0.2) is 139 Å². The fraction of sp³-hybridized carbons (Fsp3) is 0.800. The van der Waals surface area contributed by atoms with Crippen molar-refractivity contribution in [2.24, 2.45) is 5.41 Å².